The van der Waals surface area contributed by atoms with Crippen molar-refractivity contribution < 1.29 is 5.11 Å². The predicted octanol–water partition coefficient (Wildman–Crippen LogP) is 1.73. The van der Waals surface area contributed by atoms with Crippen LogP contribution in [0.2, 0.25) is 5.02 Å². The van der Waals surface area contributed by atoms with Crippen LogP contribution in [-0.4, -0.2) is 33.8 Å². The van der Waals surface area contributed by atoms with Crippen LogP contribution < -0.4 is 4.90 Å². The van der Waals surface area contributed by atoms with E-state index in [0.717, 1.165) is 6.54 Å². The number of aromatic nitrogens is 2. The Morgan fingerprint density at radius 2 is 1.93 bits per heavy atom. The number of aliphatic hydroxyl groups is 1. The average Bonchev–Trinajstić information content (AvgIpc) is 2.14. The number of hydrogen-bond donors (Lipinski definition) is 1. The van der Waals surface area contributed by atoms with E-state index >= 15 is 0 Å². The molecule has 1 aromatic rings. The SMILES string of the molecule is CCN(CC(C)(C)O)c1ncc(Cl)cn1. The van der Waals surface area contributed by atoms with Gasteiger partial charge in [-0.25, -0.2) is 9.97 Å². The van der Waals surface area contributed by atoms with Crippen LogP contribution in [0.1, 0.15) is 20.8 Å². The van der Waals surface area contributed by atoms with Crippen molar-refractivity contribution in [3.8, 4) is 0 Å². The first kappa shape index (κ1) is 12.2. The molecule has 84 valence electrons. The molecule has 0 saturated carbocycles. The maximum absolute atomic E-state index is 9.71. The fraction of sp³-hybridized carbons (Fsp3) is 0.600. The summed E-state index contributed by atoms with van der Waals surface area (Å²) in [5.74, 6) is 0.587. The normalized spacial score (nSPS) is 11.5. The van der Waals surface area contributed by atoms with Gasteiger partial charge in [-0.05, 0) is 20.8 Å². The minimum atomic E-state index is -0.765. The van der Waals surface area contributed by atoms with Crippen molar-refractivity contribution in [3.63, 3.8) is 0 Å². The molecular weight excluding hydrogens is 214 g/mol. The summed E-state index contributed by atoms with van der Waals surface area (Å²) in [6.07, 6.45) is 3.11. The molecule has 0 aliphatic rings. The van der Waals surface area contributed by atoms with Gasteiger partial charge in [0, 0.05) is 13.1 Å². The molecule has 1 rings (SSSR count). The van der Waals surface area contributed by atoms with Gasteiger partial charge in [0.2, 0.25) is 5.95 Å². The molecule has 0 aromatic carbocycles. The van der Waals surface area contributed by atoms with Gasteiger partial charge in [0.05, 0.1) is 23.0 Å². The van der Waals surface area contributed by atoms with Gasteiger partial charge in [0.25, 0.3) is 0 Å². The van der Waals surface area contributed by atoms with Crippen molar-refractivity contribution in [1.29, 1.82) is 0 Å². The molecule has 0 atom stereocenters. The highest BCUT2D eigenvalue weighted by atomic mass is 35.5. The van der Waals surface area contributed by atoms with Gasteiger partial charge in [-0.1, -0.05) is 11.6 Å². The maximum Gasteiger partial charge on any atom is 0.225 e. The zero-order chi connectivity index (χ0) is 11.5. The Kier molecular flexibility index (Phi) is 3.88. The molecule has 0 amide bonds. The Balaban J connectivity index is 2.79. The van der Waals surface area contributed by atoms with E-state index in [2.05, 4.69) is 9.97 Å². The van der Waals surface area contributed by atoms with E-state index in [4.69, 9.17) is 11.6 Å². The van der Waals surface area contributed by atoms with Crippen LogP contribution >= 0.6 is 11.6 Å². The molecular formula is C10H16ClN3O. The first-order chi connectivity index (χ1) is 6.92. The van der Waals surface area contributed by atoms with E-state index in [1.165, 1.54) is 0 Å². The van der Waals surface area contributed by atoms with Crippen LogP contribution in [0.15, 0.2) is 12.4 Å². The van der Waals surface area contributed by atoms with Crippen LogP contribution in [-0.2, 0) is 0 Å². The fourth-order valence-electron chi connectivity index (χ4n) is 1.26. The lowest BCUT2D eigenvalue weighted by atomic mass is 10.1. The highest BCUT2D eigenvalue weighted by Gasteiger charge is 2.18. The molecule has 1 aromatic heterocycles. The highest BCUT2D eigenvalue weighted by Crippen LogP contribution is 2.13. The fourth-order valence-corrected chi connectivity index (χ4v) is 1.36. The zero-order valence-corrected chi connectivity index (χ0v) is 9.99. The van der Waals surface area contributed by atoms with Gasteiger partial charge >= 0.3 is 0 Å². The van der Waals surface area contributed by atoms with Crippen LogP contribution in [0.4, 0.5) is 5.95 Å². The summed E-state index contributed by atoms with van der Waals surface area (Å²) >= 11 is 5.70. The van der Waals surface area contributed by atoms with E-state index in [-0.39, 0.29) is 0 Å². The van der Waals surface area contributed by atoms with Crippen molar-refractivity contribution in [2.24, 2.45) is 0 Å². The smallest absolute Gasteiger partial charge is 0.225 e. The molecule has 0 aliphatic heterocycles. The van der Waals surface area contributed by atoms with Gasteiger partial charge < -0.3 is 10.0 Å². The minimum absolute atomic E-state index is 0.491. The second-order valence-electron chi connectivity index (χ2n) is 4.03. The summed E-state index contributed by atoms with van der Waals surface area (Å²) in [5.41, 5.74) is -0.765. The number of anilines is 1. The molecule has 5 heteroatoms. The lowest BCUT2D eigenvalue weighted by Crippen LogP contribution is -2.39. The Morgan fingerprint density at radius 3 is 2.33 bits per heavy atom. The second kappa shape index (κ2) is 4.77. The Bertz CT molecular complexity index is 307. The average molecular weight is 230 g/mol. The first-order valence-electron chi connectivity index (χ1n) is 4.87. The Labute approximate surface area is 94.9 Å². The lowest BCUT2D eigenvalue weighted by Gasteiger charge is -2.27. The summed E-state index contributed by atoms with van der Waals surface area (Å²) in [4.78, 5) is 10.1. The van der Waals surface area contributed by atoms with Gasteiger partial charge in [-0.2, -0.15) is 0 Å². The van der Waals surface area contributed by atoms with Crippen molar-refractivity contribution in [3.05, 3.63) is 17.4 Å². The van der Waals surface area contributed by atoms with E-state index < -0.39 is 5.60 Å². The molecule has 4 nitrogen and oxygen atoms in total. The predicted molar refractivity (Wildman–Crippen MR) is 61.2 cm³/mol. The molecule has 15 heavy (non-hydrogen) atoms. The standard InChI is InChI=1S/C10H16ClN3O/c1-4-14(7-10(2,3)15)9-12-5-8(11)6-13-9/h5-6,15H,4,7H2,1-3H3. The van der Waals surface area contributed by atoms with Gasteiger partial charge in [0.1, 0.15) is 0 Å². The molecule has 1 N–H and O–H groups in total. The topological polar surface area (TPSA) is 49.2 Å². The van der Waals surface area contributed by atoms with Crippen molar-refractivity contribution in [2.45, 2.75) is 26.4 Å². The van der Waals surface area contributed by atoms with Gasteiger partial charge in [0.15, 0.2) is 0 Å². The minimum Gasteiger partial charge on any atom is -0.389 e. The number of nitrogens with zero attached hydrogens (tertiary/aromatic N) is 3. The van der Waals surface area contributed by atoms with Gasteiger partial charge in [-0.3, -0.25) is 0 Å². The number of rotatable bonds is 4. The third kappa shape index (κ3) is 4.01. The molecule has 0 radical (unpaired) electrons. The lowest BCUT2D eigenvalue weighted by molar-refractivity contribution is 0.0872. The summed E-state index contributed by atoms with van der Waals surface area (Å²) in [6.45, 7) is 6.73. The van der Waals surface area contributed by atoms with E-state index in [1.54, 1.807) is 26.2 Å². The number of halogens is 1. The summed E-state index contributed by atoms with van der Waals surface area (Å²) in [5, 5.41) is 10.2. The summed E-state index contributed by atoms with van der Waals surface area (Å²) in [7, 11) is 0. The third-order valence-electron chi connectivity index (χ3n) is 1.85. The van der Waals surface area contributed by atoms with Crippen LogP contribution in [0.5, 0.6) is 0 Å². The van der Waals surface area contributed by atoms with Crippen LogP contribution in [0.3, 0.4) is 0 Å². The van der Waals surface area contributed by atoms with E-state index in [0.29, 0.717) is 17.5 Å². The summed E-state index contributed by atoms with van der Waals surface area (Å²) < 4.78 is 0. The number of hydrogen-bond acceptors (Lipinski definition) is 4. The Morgan fingerprint density at radius 1 is 1.40 bits per heavy atom. The Hall–Kier alpha value is -0.870. The van der Waals surface area contributed by atoms with Crippen molar-refractivity contribution >= 4 is 17.5 Å². The molecule has 1 heterocycles. The van der Waals surface area contributed by atoms with Crippen molar-refractivity contribution in [1.82, 2.24) is 9.97 Å². The van der Waals surface area contributed by atoms with Crippen LogP contribution in [0, 0.1) is 0 Å². The molecule has 0 fully saturated rings. The molecule has 0 spiro atoms. The highest BCUT2D eigenvalue weighted by molar-refractivity contribution is 6.30. The van der Waals surface area contributed by atoms with Gasteiger partial charge in [-0.15, -0.1) is 0 Å². The second-order valence-corrected chi connectivity index (χ2v) is 4.46. The quantitative estimate of drug-likeness (QED) is 0.854. The maximum atomic E-state index is 9.71. The monoisotopic (exact) mass is 229 g/mol. The van der Waals surface area contributed by atoms with E-state index in [9.17, 15) is 5.11 Å². The molecule has 0 aliphatic carbocycles. The van der Waals surface area contributed by atoms with E-state index in [1.807, 2.05) is 11.8 Å². The van der Waals surface area contributed by atoms with Crippen LogP contribution in [0.25, 0.3) is 0 Å². The molecule has 0 unspecified atom stereocenters. The zero-order valence-electron chi connectivity index (χ0n) is 9.24. The molecule has 0 saturated heterocycles. The largest absolute Gasteiger partial charge is 0.389 e. The number of likely N-dealkylation sites (N-methyl/N-ethyl adjacent to an activating group) is 1. The molecule has 0 bridgehead atoms. The first-order valence-corrected chi connectivity index (χ1v) is 5.25. The van der Waals surface area contributed by atoms with Crippen molar-refractivity contribution in [2.75, 3.05) is 18.0 Å². The summed E-state index contributed by atoms with van der Waals surface area (Å²) in [6, 6.07) is 0. The third-order valence-corrected chi connectivity index (χ3v) is 2.04.